The zero-order valence-corrected chi connectivity index (χ0v) is 12.0. The summed E-state index contributed by atoms with van der Waals surface area (Å²) in [6, 6.07) is 0. The largest absolute Gasteiger partial charge is 0.315 e. The summed E-state index contributed by atoms with van der Waals surface area (Å²) in [6.45, 7) is 16.2. The number of hydrogen-bond donors (Lipinski definition) is 1. The monoisotopic (exact) mass is 225 g/mol. The van der Waals surface area contributed by atoms with Gasteiger partial charge in [0.2, 0.25) is 0 Å². The summed E-state index contributed by atoms with van der Waals surface area (Å²) in [6.07, 6.45) is 7.92. The normalized spacial score (nSPS) is 10.3. The first kappa shape index (κ1) is 17.8. The highest BCUT2D eigenvalue weighted by atomic mass is 14.9. The van der Waals surface area contributed by atoms with E-state index in [9.17, 15) is 0 Å². The zero-order valence-electron chi connectivity index (χ0n) is 12.0. The van der Waals surface area contributed by atoms with Gasteiger partial charge in [0, 0.05) is 5.54 Å². The average molecular weight is 225 g/mol. The predicted octanol–water partition coefficient (Wildman–Crippen LogP) is 4.70. The molecule has 0 heterocycles. The van der Waals surface area contributed by atoms with Crippen LogP contribution >= 0.6 is 0 Å². The molecule has 1 N–H and O–H groups in total. The van der Waals surface area contributed by atoms with Gasteiger partial charge in [0.15, 0.2) is 0 Å². The number of rotatable bonds is 6. The van der Waals surface area contributed by atoms with Crippen LogP contribution in [-0.4, -0.2) is 12.6 Å². The fraction of sp³-hybridized carbons (Fsp3) is 0.733. The Labute approximate surface area is 103 Å². The first-order valence-corrected chi connectivity index (χ1v) is 6.33. The summed E-state index contributed by atoms with van der Waals surface area (Å²) in [5.41, 5.74) is 1.68. The molecule has 0 atom stereocenters. The third kappa shape index (κ3) is 19.1. The van der Waals surface area contributed by atoms with Gasteiger partial charge in [0.25, 0.3) is 0 Å². The van der Waals surface area contributed by atoms with Gasteiger partial charge in [-0.2, -0.15) is 0 Å². The molecule has 0 aromatic carbocycles. The minimum Gasteiger partial charge on any atom is -0.315 e. The number of hydrogen-bond acceptors (Lipinski definition) is 1. The lowest BCUT2D eigenvalue weighted by Crippen LogP contribution is -2.31. The van der Waals surface area contributed by atoms with Crippen molar-refractivity contribution in [2.45, 2.75) is 65.3 Å². The van der Waals surface area contributed by atoms with Crippen LogP contribution in [-0.2, 0) is 0 Å². The molecule has 0 fully saturated rings. The van der Waals surface area contributed by atoms with Crippen LogP contribution in [0.1, 0.15) is 59.8 Å². The fourth-order valence-corrected chi connectivity index (χ4v) is 0.975. The fourth-order valence-electron chi connectivity index (χ4n) is 0.975. The molecule has 0 spiro atoms. The Hall–Kier alpha value is -0.560. The number of allylic oxidation sites excluding steroid dienone is 2. The van der Waals surface area contributed by atoms with E-state index >= 15 is 0 Å². The molecular formula is C15H31N. The minimum absolute atomic E-state index is 0.292. The second-order valence-corrected chi connectivity index (χ2v) is 5.18. The first-order chi connectivity index (χ1) is 7.37. The van der Waals surface area contributed by atoms with E-state index in [0.717, 1.165) is 6.42 Å². The van der Waals surface area contributed by atoms with Gasteiger partial charge in [-0.1, -0.05) is 31.6 Å². The van der Waals surface area contributed by atoms with E-state index in [0.29, 0.717) is 5.54 Å². The minimum atomic E-state index is 0.292. The predicted molar refractivity (Wildman–Crippen MR) is 76.9 cm³/mol. The van der Waals surface area contributed by atoms with Gasteiger partial charge in [0.1, 0.15) is 0 Å². The van der Waals surface area contributed by atoms with Gasteiger partial charge in [-0.3, -0.25) is 0 Å². The van der Waals surface area contributed by atoms with Crippen molar-refractivity contribution in [3.63, 3.8) is 0 Å². The maximum Gasteiger partial charge on any atom is 0.00935 e. The van der Waals surface area contributed by atoms with Crippen molar-refractivity contribution in [1.82, 2.24) is 5.32 Å². The molecule has 16 heavy (non-hydrogen) atoms. The van der Waals surface area contributed by atoms with Crippen LogP contribution in [0.3, 0.4) is 0 Å². The van der Waals surface area contributed by atoms with Gasteiger partial charge >= 0.3 is 0 Å². The van der Waals surface area contributed by atoms with Crippen LogP contribution in [0.15, 0.2) is 24.8 Å². The van der Waals surface area contributed by atoms with Crippen LogP contribution in [0.25, 0.3) is 0 Å². The maximum atomic E-state index is 3.98. The van der Waals surface area contributed by atoms with Crippen molar-refractivity contribution in [3.8, 4) is 0 Å². The molecule has 0 unspecified atom stereocenters. The van der Waals surface area contributed by atoms with Gasteiger partial charge in [-0.05, 0) is 53.5 Å². The standard InChI is InChI=1S/C10H18.C5H13N/c1-4-6-7-9-10(3)8-5-2;1-5(2,3)6-4/h4H,1,3,5-9H2,2H3;6H,1-4H3. The topological polar surface area (TPSA) is 12.0 Å². The lowest BCUT2D eigenvalue weighted by Gasteiger charge is -2.15. The van der Waals surface area contributed by atoms with Crippen LogP contribution in [0, 0.1) is 0 Å². The molecule has 96 valence electrons. The third-order valence-corrected chi connectivity index (χ3v) is 2.29. The van der Waals surface area contributed by atoms with Crippen LogP contribution in [0.2, 0.25) is 0 Å². The molecule has 0 aromatic heterocycles. The molecule has 0 aliphatic rings. The van der Waals surface area contributed by atoms with Gasteiger partial charge in [-0.25, -0.2) is 0 Å². The molecular weight excluding hydrogens is 194 g/mol. The molecule has 0 aromatic rings. The van der Waals surface area contributed by atoms with Crippen molar-refractivity contribution in [3.05, 3.63) is 24.8 Å². The lowest BCUT2D eigenvalue weighted by atomic mass is 10.1. The third-order valence-electron chi connectivity index (χ3n) is 2.29. The Morgan fingerprint density at radius 3 is 2.06 bits per heavy atom. The van der Waals surface area contributed by atoms with E-state index in [1.54, 1.807) is 0 Å². The van der Waals surface area contributed by atoms with Crippen LogP contribution in [0.5, 0.6) is 0 Å². The van der Waals surface area contributed by atoms with Crippen molar-refractivity contribution in [2.24, 2.45) is 0 Å². The Bertz CT molecular complexity index is 174. The Morgan fingerprint density at radius 1 is 1.25 bits per heavy atom. The molecule has 0 saturated heterocycles. The molecule has 0 aliphatic carbocycles. The molecule has 0 radical (unpaired) electrons. The summed E-state index contributed by atoms with van der Waals surface area (Å²) in [4.78, 5) is 0. The molecule has 0 saturated carbocycles. The van der Waals surface area contributed by atoms with E-state index in [4.69, 9.17) is 0 Å². The van der Waals surface area contributed by atoms with Crippen molar-refractivity contribution >= 4 is 0 Å². The number of unbranched alkanes of at least 4 members (excludes halogenated alkanes) is 1. The summed E-state index contributed by atoms with van der Waals surface area (Å²) < 4.78 is 0. The van der Waals surface area contributed by atoms with Gasteiger partial charge < -0.3 is 5.32 Å². The molecule has 0 rings (SSSR count). The first-order valence-electron chi connectivity index (χ1n) is 6.33. The van der Waals surface area contributed by atoms with E-state index in [1.807, 2.05) is 13.1 Å². The summed E-state index contributed by atoms with van der Waals surface area (Å²) >= 11 is 0. The summed E-state index contributed by atoms with van der Waals surface area (Å²) in [5, 5.41) is 3.10. The molecule has 1 nitrogen and oxygen atoms in total. The quantitative estimate of drug-likeness (QED) is 0.510. The van der Waals surface area contributed by atoms with E-state index in [2.05, 4.69) is 46.2 Å². The SMILES string of the molecule is C=CCCCC(=C)CCC.CNC(C)(C)C. The lowest BCUT2D eigenvalue weighted by molar-refractivity contribution is 0.469. The van der Waals surface area contributed by atoms with Gasteiger partial charge in [0.05, 0.1) is 0 Å². The van der Waals surface area contributed by atoms with Crippen molar-refractivity contribution in [2.75, 3.05) is 7.05 Å². The van der Waals surface area contributed by atoms with Gasteiger partial charge in [-0.15, -0.1) is 6.58 Å². The van der Waals surface area contributed by atoms with Crippen LogP contribution < -0.4 is 5.32 Å². The van der Waals surface area contributed by atoms with E-state index < -0.39 is 0 Å². The van der Waals surface area contributed by atoms with Crippen LogP contribution in [0.4, 0.5) is 0 Å². The molecule has 0 bridgehead atoms. The Kier molecular flexibility index (Phi) is 12.2. The van der Waals surface area contributed by atoms with Crippen molar-refractivity contribution < 1.29 is 0 Å². The second-order valence-electron chi connectivity index (χ2n) is 5.18. The summed E-state index contributed by atoms with van der Waals surface area (Å²) in [7, 11) is 1.96. The number of nitrogens with one attached hydrogen (secondary N) is 1. The zero-order chi connectivity index (χ0) is 13.0. The molecule has 1 heteroatoms. The smallest absolute Gasteiger partial charge is 0.00935 e. The van der Waals surface area contributed by atoms with E-state index in [1.165, 1.54) is 31.3 Å². The molecule has 0 aliphatic heterocycles. The highest BCUT2D eigenvalue weighted by Gasteiger charge is 2.01. The Balaban J connectivity index is 0. The second kappa shape index (κ2) is 10.9. The maximum absolute atomic E-state index is 3.98. The average Bonchev–Trinajstić information content (AvgIpc) is 2.18. The summed E-state index contributed by atoms with van der Waals surface area (Å²) in [5.74, 6) is 0. The Morgan fingerprint density at radius 2 is 1.75 bits per heavy atom. The highest BCUT2D eigenvalue weighted by molar-refractivity contribution is 4.93. The van der Waals surface area contributed by atoms with E-state index in [-0.39, 0.29) is 0 Å². The molecule has 0 amide bonds. The highest BCUT2D eigenvalue weighted by Crippen LogP contribution is 2.10. The van der Waals surface area contributed by atoms with Crippen molar-refractivity contribution in [1.29, 1.82) is 0 Å².